The maximum absolute atomic E-state index is 12.2. The largest absolute Gasteiger partial charge is 0.456 e. The van der Waals surface area contributed by atoms with Crippen molar-refractivity contribution in [3.8, 4) is 11.8 Å². The van der Waals surface area contributed by atoms with Gasteiger partial charge in [0, 0.05) is 47.5 Å². The number of hydrogen-bond acceptors (Lipinski definition) is 7. The number of rotatable bonds is 1. The summed E-state index contributed by atoms with van der Waals surface area (Å²) in [6.07, 6.45) is 20.6. The summed E-state index contributed by atoms with van der Waals surface area (Å²) >= 11 is 0. The van der Waals surface area contributed by atoms with E-state index in [4.69, 9.17) is 9.47 Å². The van der Waals surface area contributed by atoms with E-state index >= 15 is 0 Å². The van der Waals surface area contributed by atoms with Crippen LogP contribution in [0.3, 0.4) is 0 Å². The summed E-state index contributed by atoms with van der Waals surface area (Å²) < 4.78 is 11.1. The molecule has 6 unspecified atom stereocenters. The van der Waals surface area contributed by atoms with Crippen molar-refractivity contribution in [2.75, 3.05) is 6.61 Å². The van der Waals surface area contributed by atoms with Crippen LogP contribution in [0.2, 0.25) is 0 Å². The number of hydrogen-bond donors (Lipinski definition) is 1. The van der Waals surface area contributed by atoms with E-state index < -0.39 is 11.6 Å². The number of aliphatic hydroxyl groups is 1. The van der Waals surface area contributed by atoms with E-state index in [-0.39, 0.29) is 39.1 Å². The van der Waals surface area contributed by atoms with Crippen molar-refractivity contribution in [1.82, 2.24) is 0 Å². The normalized spacial score (nSPS) is 57.6. The Bertz CT molecular complexity index is 2100. The topological polar surface area (TPSA) is 107 Å². The summed E-state index contributed by atoms with van der Waals surface area (Å²) in [6.45, 7) is 11.7. The lowest BCUT2D eigenvalue weighted by atomic mass is 9.45. The third kappa shape index (κ3) is 4.31. The minimum absolute atomic E-state index is 0.111. The zero-order valence-corrected chi connectivity index (χ0v) is 34.5. The average molecular weight is 773 g/mol. The molecule has 1 spiro atoms. The highest BCUT2D eigenvalue weighted by Gasteiger charge is 2.81. The molecule has 13 rings (SSSR count). The Balaban J connectivity index is 0.000000125. The fraction of sp³-hybridized carbons (Fsp3) is 0.760. The zero-order chi connectivity index (χ0) is 39.4. The predicted octanol–water partition coefficient (Wildman–Crippen LogP) is 7.61. The number of ketones is 2. The molecule has 12 aliphatic carbocycles. The lowest BCUT2D eigenvalue weighted by Crippen LogP contribution is -2.57. The molecule has 0 amide bonds. The van der Waals surface area contributed by atoms with E-state index in [2.05, 4.69) is 51.7 Å². The Labute approximate surface area is 337 Å². The van der Waals surface area contributed by atoms with Crippen LogP contribution < -0.4 is 0 Å². The molecule has 57 heavy (non-hydrogen) atoms. The van der Waals surface area contributed by atoms with Crippen LogP contribution in [0.5, 0.6) is 0 Å². The summed E-state index contributed by atoms with van der Waals surface area (Å²) in [5, 5.41) is 11.9. The first-order valence-corrected chi connectivity index (χ1v) is 23.0. The lowest BCUT2D eigenvalue weighted by molar-refractivity contribution is -0.170. The molecule has 0 aromatic carbocycles. The highest BCUT2D eigenvalue weighted by molar-refractivity contribution is 5.92. The zero-order valence-electron chi connectivity index (χ0n) is 34.5. The van der Waals surface area contributed by atoms with E-state index in [1.807, 2.05) is 6.08 Å². The molecular weight excluding hydrogens is 713 g/mol. The van der Waals surface area contributed by atoms with Gasteiger partial charge < -0.3 is 14.6 Å². The van der Waals surface area contributed by atoms with Gasteiger partial charge in [-0.05, 0) is 171 Å². The van der Waals surface area contributed by atoms with Crippen LogP contribution in [-0.4, -0.2) is 46.4 Å². The number of allylic oxidation sites excluding steroid dienone is 2. The maximum Gasteiger partial charge on any atom is 0.384 e. The molecule has 10 saturated carbocycles. The molecule has 0 aromatic heterocycles. The van der Waals surface area contributed by atoms with Crippen molar-refractivity contribution >= 4 is 23.5 Å². The van der Waals surface area contributed by atoms with Crippen LogP contribution in [0.4, 0.5) is 0 Å². The number of carbonyl (C=O) groups excluding carboxylic acids is 4. The first-order valence-electron chi connectivity index (χ1n) is 23.0. The van der Waals surface area contributed by atoms with Gasteiger partial charge in [-0.25, -0.2) is 9.59 Å². The van der Waals surface area contributed by atoms with Gasteiger partial charge in [0.05, 0.1) is 6.61 Å². The monoisotopic (exact) mass is 772 g/mol. The minimum Gasteiger partial charge on any atom is -0.456 e. The van der Waals surface area contributed by atoms with Crippen molar-refractivity contribution in [3.05, 3.63) is 35.5 Å². The highest BCUT2D eigenvalue weighted by Crippen LogP contribution is 2.83. The lowest BCUT2D eigenvalue weighted by Gasteiger charge is -2.59. The SMILES string of the molecule is CCOC(=O)C#C[C@]1(O)[C@H]2C[C@H]2C2C3C(CC[C@@]21C)[C@@]1(C)CCC(=O)C=C1[C@@H]1C[C@H]31.C[C@]12CCC(=O)C=C1[C@@H]1C[C@@H]1C1C2CC[C@@]2(C)C1[C@@H]1C[C@@H]1[C@@]21C=CC(=O)O1. The summed E-state index contributed by atoms with van der Waals surface area (Å²) in [5.41, 5.74) is 1.82. The van der Waals surface area contributed by atoms with Gasteiger partial charge in [-0.3, -0.25) is 9.59 Å². The van der Waals surface area contributed by atoms with E-state index in [1.165, 1.54) is 36.8 Å². The average Bonchev–Trinajstić information content (AvgIpc) is 4.01. The van der Waals surface area contributed by atoms with Gasteiger partial charge in [0.25, 0.3) is 0 Å². The summed E-state index contributed by atoms with van der Waals surface area (Å²) in [5.74, 6) is 14.3. The molecular formula is C50H60O7. The molecule has 0 radical (unpaired) electrons. The van der Waals surface area contributed by atoms with Gasteiger partial charge in [0.2, 0.25) is 0 Å². The second-order valence-electron chi connectivity index (χ2n) is 22.6. The molecule has 7 nitrogen and oxygen atoms in total. The second-order valence-corrected chi connectivity index (χ2v) is 22.6. The van der Waals surface area contributed by atoms with Gasteiger partial charge in [0.1, 0.15) is 11.2 Å². The molecule has 20 atom stereocenters. The number of fused-ring (bicyclic) bond motifs is 22. The van der Waals surface area contributed by atoms with Crippen molar-refractivity contribution in [2.24, 2.45) is 105 Å². The van der Waals surface area contributed by atoms with Crippen molar-refractivity contribution in [3.63, 3.8) is 0 Å². The molecule has 302 valence electrons. The number of carbonyl (C=O) groups is 4. The molecule has 0 saturated heterocycles. The van der Waals surface area contributed by atoms with E-state index in [0.717, 1.165) is 68.6 Å². The van der Waals surface area contributed by atoms with Gasteiger partial charge in [-0.1, -0.05) is 44.8 Å². The molecule has 1 heterocycles. The summed E-state index contributed by atoms with van der Waals surface area (Å²) in [4.78, 5) is 48.3. The van der Waals surface area contributed by atoms with Gasteiger partial charge >= 0.3 is 11.9 Å². The summed E-state index contributed by atoms with van der Waals surface area (Å²) in [7, 11) is 0. The standard InChI is InChI=1S/C26H32O4.C24H28O3/c1-4-30-21(28)7-10-26(29)20-13-17(20)23-22-16-12-15(16)19-11-14(27)5-8-24(19,2)18(22)6-9-25(23,26)3;1-22-6-3-12(25)9-17(22)13-10-14(13)20-16(22)4-7-23(2)21(20)15-11-18(15)24(23)8-5-19(26)27-24/h11,15-18,20,22-23,29H,4-6,8-9,12-13H2,1-3H3;5,8-9,13-16,18,20-21H,3-4,6-7,10-11H2,1-2H3/t15-,16+,17-,18?,20+,22?,23?,24-,25+,26+;13-,14+,15-,16?,18+,20?,21?,22-,23+,24+/m11/s1. The number of ether oxygens (including phenoxy) is 2. The van der Waals surface area contributed by atoms with E-state index in [0.29, 0.717) is 77.9 Å². The quantitative estimate of drug-likeness (QED) is 0.166. The molecule has 7 heteroatoms. The Morgan fingerprint density at radius 3 is 1.86 bits per heavy atom. The molecule has 0 aromatic rings. The van der Waals surface area contributed by atoms with Crippen LogP contribution in [0.25, 0.3) is 0 Å². The van der Waals surface area contributed by atoms with Gasteiger partial charge in [-0.2, -0.15) is 0 Å². The van der Waals surface area contributed by atoms with Gasteiger partial charge in [0.15, 0.2) is 11.6 Å². The van der Waals surface area contributed by atoms with Crippen molar-refractivity contribution in [1.29, 1.82) is 0 Å². The Morgan fingerprint density at radius 2 is 1.30 bits per heavy atom. The first-order chi connectivity index (χ1) is 27.1. The third-order valence-corrected chi connectivity index (χ3v) is 20.8. The van der Waals surface area contributed by atoms with E-state index in [9.17, 15) is 24.3 Å². The van der Waals surface area contributed by atoms with E-state index in [1.54, 1.807) is 13.0 Å². The van der Waals surface area contributed by atoms with Gasteiger partial charge in [-0.15, -0.1) is 0 Å². The molecule has 1 N–H and O–H groups in total. The van der Waals surface area contributed by atoms with Crippen LogP contribution in [0.15, 0.2) is 35.5 Å². The highest BCUT2D eigenvalue weighted by atomic mass is 16.6. The number of esters is 2. The third-order valence-electron chi connectivity index (χ3n) is 20.8. The van der Waals surface area contributed by atoms with Crippen molar-refractivity contribution < 1.29 is 33.8 Å². The molecule has 10 fully saturated rings. The molecule has 1 aliphatic heterocycles. The van der Waals surface area contributed by atoms with Crippen LogP contribution >= 0.6 is 0 Å². The van der Waals surface area contributed by atoms with Crippen LogP contribution in [-0.2, 0) is 28.7 Å². The second kappa shape index (κ2) is 11.0. The Kier molecular flexibility index (Phi) is 6.95. The Hall–Kier alpha value is -2.98. The molecule has 13 aliphatic rings. The van der Waals surface area contributed by atoms with Crippen LogP contribution in [0.1, 0.15) is 112 Å². The minimum atomic E-state index is -1.08. The molecule has 0 bridgehead atoms. The van der Waals surface area contributed by atoms with Crippen molar-refractivity contribution in [2.45, 2.75) is 123 Å². The maximum atomic E-state index is 12.2. The Morgan fingerprint density at radius 1 is 0.754 bits per heavy atom. The fourth-order valence-electron chi connectivity index (χ4n) is 18.3. The summed E-state index contributed by atoms with van der Waals surface area (Å²) in [6, 6.07) is 0. The van der Waals surface area contributed by atoms with Crippen LogP contribution in [0, 0.1) is 116 Å². The predicted molar refractivity (Wildman–Crippen MR) is 210 cm³/mol. The fourth-order valence-corrected chi connectivity index (χ4v) is 18.3. The smallest absolute Gasteiger partial charge is 0.384 e. The first kappa shape index (κ1) is 35.9.